The molecular formula is C15H26BrN3. The summed E-state index contributed by atoms with van der Waals surface area (Å²) >= 11 is 3.49. The average molecular weight is 328 g/mol. The minimum absolute atomic E-state index is 0.587. The zero-order valence-electron chi connectivity index (χ0n) is 12.5. The first-order valence-electron chi connectivity index (χ1n) is 6.91. The topological polar surface area (TPSA) is 18.5 Å². The van der Waals surface area contributed by atoms with Gasteiger partial charge in [-0.1, -0.05) is 28.9 Å². The van der Waals surface area contributed by atoms with Gasteiger partial charge in [-0.05, 0) is 45.8 Å². The van der Waals surface area contributed by atoms with E-state index in [4.69, 9.17) is 0 Å². The first-order valence-corrected chi connectivity index (χ1v) is 7.70. The van der Waals surface area contributed by atoms with Gasteiger partial charge in [-0.15, -0.1) is 0 Å². The van der Waals surface area contributed by atoms with Crippen LogP contribution in [0.3, 0.4) is 0 Å². The molecule has 0 aliphatic heterocycles. The Morgan fingerprint density at radius 1 is 1.32 bits per heavy atom. The average Bonchev–Trinajstić information content (AvgIpc) is 2.33. The van der Waals surface area contributed by atoms with Crippen molar-refractivity contribution in [2.24, 2.45) is 0 Å². The van der Waals surface area contributed by atoms with E-state index in [-0.39, 0.29) is 0 Å². The molecule has 1 rings (SSSR count). The highest BCUT2D eigenvalue weighted by Crippen LogP contribution is 2.15. The summed E-state index contributed by atoms with van der Waals surface area (Å²) in [4.78, 5) is 4.75. The normalized spacial score (nSPS) is 13.0. The maximum Gasteiger partial charge on any atom is 0.0351 e. The van der Waals surface area contributed by atoms with Crippen molar-refractivity contribution < 1.29 is 0 Å². The smallest absolute Gasteiger partial charge is 0.0351 e. The lowest BCUT2D eigenvalue weighted by Crippen LogP contribution is -2.42. The molecule has 1 aromatic carbocycles. The van der Waals surface area contributed by atoms with Crippen molar-refractivity contribution in [3.63, 3.8) is 0 Å². The Morgan fingerprint density at radius 2 is 2.05 bits per heavy atom. The molecule has 0 aliphatic carbocycles. The van der Waals surface area contributed by atoms with Gasteiger partial charge < -0.3 is 10.2 Å². The van der Waals surface area contributed by atoms with E-state index in [0.717, 1.165) is 30.7 Å². The zero-order chi connectivity index (χ0) is 14.3. The van der Waals surface area contributed by atoms with Crippen LogP contribution in [0.1, 0.15) is 13.8 Å². The lowest BCUT2D eigenvalue weighted by Gasteiger charge is -2.30. The fourth-order valence-corrected chi connectivity index (χ4v) is 2.68. The molecule has 0 aliphatic rings. The molecule has 4 heteroatoms. The summed E-state index contributed by atoms with van der Waals surface area (Å²) in [6.07, 6.45) is 0. The predicted octanol–water partition coefficient (Wildman–Crippen LogP) is 3.13. The lowest BCUT2D eigenvalue weighted by molar-refractivity contribution is 0.188. The highest BCUT2D eigenvalue weighted by atomic mass is 79.9. The van der Waals surface area contributed by atoms with Crippen molar-refractivity contribution >= 4 is 21.6 Å². The first-order chi connectivity index (χ1) is 9.02. The van der Waals surface area contributed by atoms with Crippen LogP contribution < -0.4 is 5.32 Å². The van der Waals surface area contributed by atoms with E-state index in [0.29, 0.717) is 6.04 Å². The van der Waals surface area contributed by atoms with E-state index >= 15 is 0 Å². The van der Waals surface area contributed by atoms with Gasteiger partial charge >= 0.3 is 0 Å². The summed E-state index contributed by atoms with van der Waals surface area (Å²) in [6, 6.07) is 8.90. The number of anilines is 1. The Kier molecular flexibility index (Phi) is 7.42. The molecule has 0 heterocycles. The molecule has 19 heavy (non-hydrogen) atoms. The monoisotopic (exact) mass is 327 g/mol. The van der Waals surface area contributed by atoms with Crippen LogP contribution in [0.5, 0.6) is 0 Å². The van der Waals surface area contributed by atoms with Gasteiger partial charge in [-0.25, -0.2) is 0 Å². The van der Waals surface area contributed by atoms with Crippen molar-refractivity contribution in [2.45, 2.75) is 19.9 Å². The quantitative estimate of drug-likeness (QED) is 0.791. The second-order valence-corrected chi connectivity index (χ2v) is 6.09. The van der Waals surface area contributed by atoms with Crippen LogP contribution in [-0.2, 0) is 0 Å². The van der Waals surface area contributed by atoms with Crippen molar-refractivity contribution in [3.05, 3.63) is 28.7 Å². The van der Waals surface area contributed by atoms with E-state index in [1.807, 2.05) is 6.07 Å². The van der Waals surface area contributed by atoms with Crippen molar-refractivity contribution in [1.82, 2.24) is 9.80 Å². The third-order valence-electron chi connectivity index (χ3n) is 3.21. The Labute approximate surface area is 126 Å². The Hall–Kier alpha value is -0.580. The van der Waals surface area contributed by atoms with Crippen LogP contribution in [0.15, 0.2) is 28.7 Å². The maximum atomic E-state index is 3.49. The molecule has 1 aromatic rings. The molecule has 3 nitrogen and oxygen atoms in total. The van der Waals surface area contributed by atoms with Gasteiger partial charge in [0.1, 0.15) is 0 Å². The molecule has 0 saturated heterocycles. The number of hydrogen-bond donors (Lipinski definition) is 1. The molecule has 0 saturated carbocycles. The highest BCUT2D eigenvalue weighted by Gasteiger charge is 2.12. The van der Waals surface area contributed by atoms with Crippen LogP contribution in [-0.4, -0.2) is 56.1 Å². The van der Waals surface area contributed by atoms with Crippen LogP contribution in [0, 0.1) is 0 Å². The zero-order valence-corrected chi connectivity index (χ0v) is 14.1. The number of hydrogen-bond acceptors (Lipinski definition) is 3. The van der Waals surface area contributed by atoms with Crippen molar-refractivity contribution in [2.75, 3.05) is 45.6 Å². The number of likely N-dealkylation sites (N-methyl/N-ethyl adjacent to an activating group) is 2. The molecule has 1 unspecified atom stereocenters. The molecule has 0 fully saturated rings. The third-order valence-corrected chi connectivity index (χ3v) is 3.70. The van der Waals surface area contributed by atoms with Crippen LogP contribution >= 0.6 is 15.9 Å². The van der Waals surface area contributed by atoms with Gasteiger partial charge in [-0.2, -0.15) is 0 Å². The first kappa shape index (κ1) is 16.5. The van der Waals surface area contributed by atoms with E-state index in [9.17, 15) is 0 Å². The van der Waals surface area contributed by atoms with Gasteiger partial charge in [0.05, 0.1) is 0 Å². The second kappa shape index (κ2) is 8.56. The molecule has 108 valence electrons. The Balaban J connectivity index is 2.37. The minimum atomic E-state index is 0.587. The summed E-state index contributed by atoms with van der Waals surface area (Å²) in [5, 5.41) is 3.47. The fraction of sp³-hybridized carbons (Fsp3) is 0.600. The molecule has 0 aromatic heterocycles. The maximum absolute atomic E-state index is 3.49. The fourth-order valence-electron chi connectivity index (χ4n) is 2.28. The van der Waals surface area contributed by atoms with E-state index in [1.54, 1.807) is 0 Å². The van der Waals surface area contributed by atoms with Gasteiger partial charge in [-0.3, -0.25) is 4.90 Å². The molecular weight excluding hydrogens is 302 g/mol. The molecule has 0 bridgehead atoms. The van der Waals surface area contributed by atoms with E-state index < -0.39 is 0 Å². The van der Waals surface area contributed by atoms with Crippen LogP contribution in [0.25, 0.3) is 0 Å². The highest BCUT2D eigenvalue weighted by molar-refractivity contribution is 9.10. The molecule has 1 atom stereocenters. The summed E-state index contributed by atoms with van der Waals surface area (Å²) in [5.74, 6) is 0. The number of halogens is 1. The van der Waals surface area contributed by atoms with Crippen LogP contribution in [0.2, 0.25) is 0 Å². The summed E-state index contributed by atoms with van der Waals surface area (Å²) in [7, 11) is 4.26. The lowest BCUT2D eigenvalue weighted by atomic mass is 10.2. The predicted molar refractivity (Wildman–Crippen MR) is 87.9 cm³/mol. The largest absolute Gasteiger partial charge is 0.384 e. The van der Waals surface area contributed by atoms with Gasteiger partial charge in [0.15, 0.2) is 0 Å². The molecule has 0 spiro atoms. The number of rotatable bonds is 8. The molecule has 1 N–H and O–H groups in total. The van der Waals surface area contributed by atoms with Crippen molar-refractivity contribution in [3.8, 4) is 0 Å². The SMILES string of the molecule is CCN(CCNc1cccc(Br)c1)C(C)CN(C)C. The number of benzene rings is 1. The third kappa shape index (κ3) is 6.41. The van der Waals surface area contributed by atoms with Gasteiger partial charge in [0.2, 0.25) is 0 Å². The summed E-state index contributed by atoms with van der Waals surface area (Å²) < 4.78 is 1.12. The summed E-state index contributed by atoms with van der Waals surface area (Å²) in [6.45, 7) is 8.76. The number of nitrogens with one attached hydrogen (secondary N) is 1. The van der Waals surface area contributed by atoms with E-state index in [2.05, 4.69) is 77.2 Å². The summed E-state index contributed by atoms with van der Waals surface area (Å²) in [5.41, 5.74) is 1.17. The number of nitrogens with zero attached hydrogens (tertiary/aromatic N) is 2. The van der Waals surface area contributed by atoms with Crippen molar-refractivity contribution in [1.29, 1.82) is 0 Å². The second-order valence-electron chi connectivity index (χ2n) is 5.18. The van der Waals surface area contributed by atoms with E-state index in [1.165, 1.54) is 5.69 Å². The standard InChI is InChI=1S/C15H26BrN3/c1-5-19(13(2)12-18(3)4)10-9-17-15-8-6-7-14(16)11-15/h6-8,11,13,17H,5,9-10,12H2,1-4H3. The van der Waals surface area contributed by atoms with Gasteiger partial charge in [0.25, 0.3) is 0 Å². The molecule has 0 amide bonds. The minimum Gasteiger partial charge on any atom is -0.384 e. The van der Waals surface area contributed by atoms with Gasteiger partial charge in [0, 0.05) is 35.8 Å². The Bertz CT molecular complexity index is 368. The molecule has 0 radical (unpaired) electrons. The Morgan fingerprint density at radius 3 is 2.63 bits per heavy atom. The van der Waals surface area contributed by atoms with Crippen LogP contribution in [0.4, 0.5) is 5.69 Å².